The van der Waals surface area contributed by atoms with Crippen LogP contribution in [0.25, 0.3) is 44.5 Å². The fraction of sp³-hybridized carbons (Fsp3) is 0. The van der Waals surface area contributed by atoms with Crippen molar-refractivity contribution in [2.24, 2.45) is 0 Å². The number of pyridine rings is 2. The van der Waals surface area contributed by atoms with Gasteiger partial charge in [-0.3, -0.25) is 10.1 Å². The van der Waals surface area contributed by atoms with E-state index in [1.54, 1.807) is 48.9 Å². The van der Waals surface area contributed by atoms with E-state index >= 15 is 0 Å². The zero-order chi connectivity index (χ0) is 19.8. The predicted molar refractivity (Wildman–Crippen MR) is 110 cm³/mol. The molecule has 0 saturated carbocycles. The molecule has 0 aliphatic heterocycles. The van der Waals surface area contributed by atoms with E-state index in [1.807, 2.05) is 18.2 Å². The molecule has 29 heavy (non-hydrogen) atoms. The van der Waals surface area contributed by atoms with Crippen molar-refractivity contribution in [3.05, 3.63) is 85.1 Å². The van der Waals surface area contributed by atoms with Crippen LogP contribution in [0.1, 0.15) is 0 Å². The fourth-order valence-corrected chi connectivity index (χ4v) is 3.55. The zero-order valence-corrected chi connectivity index (χ0v) is 15.2. The number of hydrogen-bond donors (Lipinski definition) is 2. The number of nitrogens with zero attached hydrogens (tertiary/aromatic N) is 3. The number of aromatic nitrogens is 4. The number of aromatic amines is 1. The maximum Gasteiger partial charge on any atom is 0.156 e. The minimum atomic E-state index is -0.310. The molecule has 0 amide bonds. The molecule has 5 aromatic rings. The fourth-order valence-electron chi connectivity index (χ4n) is 3.55. The normalized spacial score (nSPS) is 11.1. The van der Waals surface area contributed by atoms with Gasteiger partial charge in [0, 0.05) is 34.5 Å². The number of benzene rings is 2. The lowest BCUT2D eigenvalue weighted by molar-refractivity contribution is 0.475. The Bertz CT molecular complexity index is 1310. The number of phenolic OH excluding ortho intramolecular Hbond substituents is 1. The standard InChI is InChI=1S/C23H15FN4O/c24-17-6-4-15(5-7-17)22-21(14-8-10-25-11-9-14)20(16-2-1-3-18(29)12-16)19-13-26-28-23(19)27-22/h1-13,29H,(H,26,27,28). The molecule has 140 valence electrons. The molecule has 2 N–H and O–H groups in total. The molecule has 0 spiro atoms. The number of H-pyrrole nitrogens is 1. The van der Waals surface area contributed by atoms with Crippen LogP contribution in [0.3, 0.4) is 0 Å². The molecular formula is C23H15FN4O. The third-order valence-corrected chi connectivity index (χ3v) is 4.82. The van der Waals surface area contributed by atoms with Gasteiger partial charge in [0.1, 0.15) is 11.6 Å². The smallest absolute Gasteiger partial charge is 0.156 e. The van der Waals surface area contributed by atoms with E-state index in [4.69, 9.17) is 4.98 Å². The Balaban J connectivity index is 1.93. The Morgan fingerprint density at radius 1 is 0.828 bits per heavy atom. The topological polar surface area (TPSA) is 74.7 Å². The Morgan fingerprint density at radius 2 is 1.62 bits per heavy atom. The van der Waals surface area contributed by atoms with E-state index < -0.39 is 0 Å². The molecule has 5 nitrogen and oxygen atoms in total. The average Bonchev–Trinajstić information content (AvgIpc) is 3.22. The van der Waals surface area contributed by atoms with Crippen LogP contribution in [-0.4, -0.2) is 25.3 Å². The van der Waals surface area contributed by atoms with E-state index in [0.29, 0.717) is 11.3 Å². The second-order valence-electron chi connectivity index (χ2n) is 6.64. The molecule has 2 aromatic carbocycles. The maximum atomic E-state index is 13.5. The first kappa shape index (κ1) is 17.1. The highest BCUT2D eigenvalue weighted by Gasteiger charge is 2.20. The van der Waals surface area contributed by atoms with Crippen LogP contribution in [0.5, 0.6) is 5.75 Å². The zero-order valence-electron chi connectivity index (χ0n) is 15.2. The third-order valence-electron chi connectivity index (χ3n) is 4.82. The van der Waals surface area contributed by atoms with Gasteiger partial charge in [-0.15, -0.1) is 0 Å². The van der Waals surface area contributed by atoms with Gasteiger partial charge in [-0.05, 0) is 59.7 Å². The molecule has 0 radical (unpaired) electrons. The summed E-state index contributed by atoms with van der Waals surface area (Å²) in [5.41, 5.74) is 5.55. The van der Waals surface area contributed by atoms with Crippen LogP contribution in [0.4, 0.5) is 4.39 Å². The maximum absolute atomic E-state index is 13.5. The van der Waals surface area contributed by atoms with E-state index in [0.717, 1.165) is 33.2 Å². The van der Waals surface area contributed by atoms with Crippen molar-refractivity contribution >= 4 is 11.0 Å². The number of nitrogens with one attached hydrogen (secondary N) is 1. The number of fused-ring (bicyclic) bond motifs is 1. The highest BCUT2D eigenvalue weighted by Crippen LogP contribution is 2.43. The van der Waals surface area contributed by atoms with Gasteiger partial charge in [0.25, 0.3) is 0 Å². The average molecular weight is 382 g/mol. The van der Waals surface area contributed by atoms with Crippen molar-refractivity contribution in [3.63, 3.8) is 0 Å². The van der Waals surface area contributed by atoms with Crippen LogP contribution in [0.15, 0.2) is 79.3 Å². The molecular weight excluding hydrogens is 367 g/mol. The quantitative estimate of drug-likeness (QED) is 0.450. The van der Waals surface area contributed by atoms with Gasteiger partial charge in [-0.2, -0.15) is 5.10 Å². The highest BCUT2D eigenvalue weighted by molar-refractivity contribution is 6.05. The van der Waals surface area contributed by atoms with Crippen molar-refractivity contribution in [2.75, 3.05) is 0 Å². The van der Waals surface area contributed by atoms with Gasteiger partial charge < -0.3 is 5.11 Å². The number of aromatic hydroxyl groups is 1. The summed E-state index contributed by atoms with van der Waals surface area (Å²) in [7, 11) is 0. The van der Waals surface area contributed by atoms with Gasteiger partial charge in [0.15, 0.2) is 5.65 Å². The lowest BCUT2D eigenvalue weighted by atomic mass is 9.89. The van der Waals surface area contributed by atoms with Gasteiger partial charge >= 0.3 is 0 Å². The van der Waals surface area contributed by atoms with Crippen LogP contribution in [0.2, 0.25) is 0 Å². The first-order chi connectivity index (χ1) is 14.2. The Kier molecular flexibility index (Phi) is 4.02. The van der Waals surface area contributed by atoms with Gasteiger partial charge in [0.2, 0.25) is 0 Å². The van der Waals surface area contributed by atoms with E-state index in [2.05, 4.69) is 15.2 Å². The van der Waals surface area contributed by atoms with Crippen LogP contribution < -0.4 is 0 Å². The summed E-state index contributed by atoms with van der Waals surface area (Å²) in [6.07, 6.45) is 5.16. The molecule has 0 atom stereocenters. The summed E-state index contributed by atoms with van der Waals surface area (Å²) in [6.45, 7) is 0. The van der Waals surface area contributed by atoms with Crippen LogP contribution in [-0.2, 0) is 0 Å². The van der Waals surface area contributed by atoms with Crippen LogP contribution >= 0.6 is 0 Å². The lowest BCUT2D eigenvalue weighted by Crippen LogP contribution is -1.96. The predicted octanol–water partition coefficient (Wildman–Crippen LogP) is 5.20. The summed E-state index contributed by atoms with van der Waals surface area (Å²) in [4.78, 5) is 8.92. The summed E-state index contributed by atoms with van der Waals surface area (Å²) in [6, 6.07) is 17.1. The second kappa shape index (κ2) is 6.83. The Hall–Kier alpha value is -4.06. The molecule has 0 unspecified atom stereocenters. The molecule has 0 fully saturated rings. The lowest BCUT2D eigenvalue weighted by Gasteiger charge is -2.16. The number of rotatable bonds is 3. The molecule has 0 aliphatic rings. The van der Waals surface area contributed by atoms with Crippen molar-refractivity contribution < 1.29 is 9.50 Å². The van der Waals surface area contributed by atoms with E-state index in [1.165, 1.54) is 12.1 Å². The summed E-state index contributed by atoms with van der Waals surface area (Å²) in [5, 5.41) is 18.0. The monoisotopic (exact) mass is 382 g/mol. The molecule has 3 heterocycles. The van der Waals surface area contributed by atoms with Crippen LogP contribution in [0, 0.1) is 5.82 Å². The Labute approximate surface area is 165 Å². The molecule has 3 aromatic heterocycles. The second-order valence-corrected chi connectivity index (χ2v) is 6.64. The summed E-state index contributed by atoms with van der Waals surface area (Å²) in [5.74, 6) is -0.144. The number of phenols is 1. The van der Waals surface area contributed by atoms with Crippen molar-refractivity contribution in [3.8, 4) is 39.3 Å². The van der Waals surface area contributed by atoms with Gasteiger partial charge in [-0.25, -0.2) is 9.37 Å². The first-order valence-corrected chi connectivity index (χ1v) is 9.03. The molecule has 0 saturated heterocycles. The minimum absolute atomic E-state index is 0.167. The third kappa shape index (κ3) is 3.00. The van der Waals surface area contributed by atoms with Gasteiger partial charge in [-0.1, -0.05) is 12.1 Å². The van der Waals surface area contributed by atoms with Crippen molar-refractivity contribution in [1.82, 2.24) is 20.2 Å². The number of hydrogen-bond acceptors (Lipinski definition) is 4. The Morgan fingerprint density at radius 3 is 2.38 bits per heavy atom. The number of halogens is 1. The van der Waals surface area contributed by atoms with Gasteiger partial charge in [0.05, 0.1) is 11.9 Å². The first-order valence-electron chi connectivity index (χ1n) is 9.03. The molecule has 5 rings (SSSR count). The largest absolute Gasteiger partial charge is 0.508 e. The molecule has 0 aliphatic carbocycles. The van der Waals surface area contributed by atoms with Crippen molar-refractivity contribution in [2.45, 2.75) is 0 Å². The molecule has 0 bridgehead atoms. The summed E-state index contributed by atoms with van der Waals surface area (Å²) < 4.78 is 13.5. The summed E-state index contributed by atoms with van der Waals surface area (Å²) >= 11 is 0. The van der Waals surface area contributed by atoms with E-state index in [-0.39, 0.29) is 11.6 Å². The SMILES string of the molecule is Oc1cccc(-c2c(-c3ccncc3)c(-c3ccc(F)cc3)nc3[nH]ncc23)c1. The van der Waals surface area contributed by atoms with Crippen molar-refractivity contribution in [1.29, 1.82) is 0 Å². The van der Waals surface area contributed by atoms with E-state index in [9.17, 15) is 9.50 Å². The highest BCUT2D eigenvalue weighted by atomic mass is 19.1. The molecule has 6 heteroatoms. The minimum Gasteiger partial charge on any atom is -0.508 e.